The number of aliphatic hydroxyl groups excluding tert-OH is 2. The first-order chi connectivity index (χ1) is 19.1. The van der Waals surface area contributed by atoms with Gasteiger partial charge in [0.1, 0.15) is 28.6 Å². The van der Waals surface area contributed by atoms with Gasteiger partial charge in [-0.2, -0.15) is 0 Å². The van der Waals surface area contributed by atoms with Gasteiger partial charge in [0.2, 0.25) is 5.78 Å². The number of aliphatic hydroxyl groups is 3. The van der Waals surface area contributed by atoms with E-state index >= 15 is 0 Å². The Kier molecular flexibility index (Phi) is 6.33. The highest BCUT2D eigenvalue weighted by atomic mass is 19.4. The van der Waals surface area contributed by atoms with E-state index in [0.717, 1.165) is 12.1 Å². The summed E-state index contributed by atoms with van der Waals surface area (Å²) < 4.78 is 41.7. The second-order valence-electron chi connectivity index (χ2n) is 10.5. The van der Waals surface area contributed by atoms with Gasteiger partial charge in [-0.1, -0.05) is 12.1 Å². The molecule has 13 heteroatoms. The van der Waals surface area contributed by atoms with Crippen LogP contribution in [0, 0.1) is 11.8 Å². The first-order valence-corrected chi connectivity index (χ1v) is 12.5. The van der Waals surface area contributed by atoms with Crippen LogP contribution in [-0.2, 0) is 20.8 Å². The van der Waals surface area contributed by atoms with Crippen molar-refractivity contribution in [1.82, 2.24) is 0 Å². The highest BCUT2D eigenvalue weighted by Crippen LogP contribution is 2.54. The van der Waals surface area contributed by atoms with Crippen molar-refractivity contribution in [2.24, 2.45) is 17.6 Å². The number of carbonyl (C=O) groups excluding carboxylic acids is 3. The second kappa shape index (κ2) is 9.26. The number of benzene rings is 2. The van der Waals surface area contributed by atoms with E-state index in [1.807, 2.05) is 0 Å². The van der Waals surface area contributed by atoms with Gasteiger partial charge in [0.15, 0.2) is 11.4 Å². The SMILES string of the molecule is CN(C)c1cc(-c2ccc(OC(F)(F)F)cc2)c(O)c2c1C[C@H]1C[C@H]3CC(=O)C(C(N)=O)=C(O)[C@@]3(O)C(=O)C1=C2O. The molecule has 10 nitrogen and oxygen atoms in total. The van der Waals surface area contributed by atoms with E-state index in [9.17, 15) is 48.0 Å². The zero-order valence-electron chi connectivity index (χ0n) is 21.7. The van der Waals surface area contributed by atoms with Crippen molar-refractivity contribution in [3.63, 3.8) is 0 Å². The number of fused-ring (bicyclic) bond motifs is 3. The Bertz CT molecular complexity index is 1580. The summed E-state index contributed by atoms with van der Waals surface area (Å²) in [4.78, 5) is 39.8. The number of nitrogens with two attached hydrogens (primary N) is 1. The third-order valence-electron chi connectivity index (χ3n) is 7.92. The molecule has 3 aliphatic rings. The van der Waals surface area contributed by atoms with Crippen molar-refractivity contribution in [3.05, 3.63) is 58.4 Å². The van der Waals surface area contributed by atoms with Gasteiger partial charge in [-0.05, 0) is 48.1 Å². The summed E-state index contributed by atoms with van der Waals surface area (Å²) in [5.41, 5.74) is 2.58. The Labute approximate surface area is 230 Å². The van der Waals surface area contributed by atoms with Crippen molar-refractivity contribution in [1.29, 1.82) is 0 Å². The Hall–Kier alpha value is -4.52. The maximum absolute atomic E-state index is 13.7. The van der Waals surface area contributed by atoms with E-state index in [0.29, 0.717) is 11.3 Å². The van der Waals surface area contributed by atoms with E-state index in [-0.39, 0.29) is 35.1 Å². The number of carbonyl (C=O) groups is 3. The Balaban J connectivity index is 1.68. The lowest BCUT2D eigenvalue weighted by molar-refractivity contribution is -0.274. The lowest BCUT2D eigenvalue weighted by atomic mass is 9.59. The van der Waals surface area contributed by atoms with Crippen molar-refractivity contribution >= 4 is 28.9 Å². The number of ketones is 2. The number of rotatable bonds is 4. The van der Waals surface area contributed by atoms with Crippen LogP contribution in [0.15, 0.2) is 47.2 Å². The fourth-order valence-corrected chi connectivity index (χ4v) is 6.12. The molecule has 1 amide bonds. The molecule has 2 aromatic rings. The monoisotopic (exact) mass is 574 g/mol. The van der Waals surface area contributed by atoms with Crippen LogP contribution in [0.3, 0.4) is 0 Å². The summed E-state index contributed by atoms with van der Waals surface area (Å²) >= 11 is 0. The molecule has 0 saturated heterocycles. The molecule has 216 valence electrons. The second-order valence-corrected chi connectivity index (χ2v) is 10.5. The number of amides is 1. The molecular weight excluding hydrogens is 549 g/mol. The van der Waals surface area contributed by atoms with Crippen LogP contribution in [0.1, 0.15) is 24.0 Å². The fraction of sp³-hybridized carbons (Fsp3) is 0.321. The summed E-state index contributed by atoms with van der Waals surface area (Å²) in [6.45, 7) is 0. The Morgan fingerprint density at radius 2 is 1.73 bits per heavy atom. The number of aromatic hydroxyl groups is 1. The average molecular weight is 575 g/mol. The van der Waals surface area contributed by atoms with E-state index < -0.39 is 76.3 Å². The van der Waals surface area contributed by atoms with Crippen LogP contribution in [0.2, 0.25) is 0 Å². The van der Waals surface area contributed by atoms with Gasteiger partial charge in [0.05, 0.1) is 5.56 Å². The molecule has 0 radical (unpaired) electrons. The zero-order valence-corrected chi connectivity index (χ0v) is 21.7. The Morgan fingerprint density at radius 1 is 1.10 bits per heavy atom. The van der Waals surface area contributed by atoms with Crippen molar-refractivity contribution < 1.29 is 52.7 Å². The predicted octanol–water partition coefficient (Wildman–Crippen LogP) is 3.06. The number of hydrogen-bond donors (Lipinski definition) is 5. The molecule has 1 fully saturated rings. The number of Topliss-reactive ketones (excluding diaryl/α,β-unsaturated/α-hetero) is 2. The number of anilines is 1. The molecule has 0 spiro atoms. The van der Waals surface area contributed by atoms with Crippen LogP contribution >= 0.6 is 0 Å². The van der Waals surface area contributed by atoms with Crippen LogP contribution in [0.25, 0.3) is 16.9 Å². The molecule has 6 N–H and O–H groups in total. The third kappa shape index (κ3) is 4.27. The number of halogens is 3. The summed E-state index contributed by atoms with van der Waals surface area (Å²) in [6.07, 6.45) is -5.24. The Morgan fingerprint density at radius 3 is 2.29 bits per heavy atom. The molecule has 3 aliphatic carbocycles. The first kappa shape index (κ1) is 28.0. The predicted molar refractivity (Wildman–Crippen MR) is 138 cm³/mol. The van der Waals surface area contributed by atoms with Crippen molar-refractivity contribution in [2.75, 3.05) is 19.0 Å². The minimum Gasteiger partial charge on any atom is -0.508 e. The van der Waals surface area contributed by atoms with Gasteiger partial charge in [0, 0.05) is 43.3 Å². The summed E-state index contributed by atoms with van der Waals surface area (Å²) in [7, 11) is 3.40. The lowest BCUT2D eigenvalue weighted by Gasteiger charge is -2.46. The number of alkyl halides is 3. The van der Waals surface area contributed by atoms with E-state index in [2.05, 4.69) is 4.74 Å². The molecule has 0 aliphatic heterocycles. The largest absolute Gasteiger partial charge is 0.573 e. The molecule has 0 unspecified atom stereocenters. The molecule has 1 saturated carbocycles. The van der Waals surface area contributed by atoms with Crippen molar-refractivity contribution in [2.45, 2.75) is 31.2 Å². The average Bonchev–Trinajstić information content (AvgIpc) is 2.85. The molecule has 0 aromatic heterocycles. The number of hydrogen-bond acceptors (Lipinski definition) is 9. The van der Waals surface area contributed by atoms with Gasteiger partial charge in [-0.3, -0.25) is 14.4 Å². The third-order valence-corrected chi connectivity index (χ3v) is 7.92. The molecule has 41 heavy (non-hydrogen) atoms. The van der Waals surface area contributed by atoms with Gasteiger partial charge in [0.25, 0.3) is 5.91 Å². The summed E-state index contributed by atoms with van der Waals surface area (Å²) in [5.74, 6) is -7.86. The fourth-order valence-electron chi connectivity index (χ4n) is 6.12. The van der Waals surface area contributed by atoms with Gasteiger partial charge < -0.3 is 35.8 Å². The normalized spacial score (nSPS) is 24.0. The first-order valence-electron chi connectivity index (χ1n) is 12.5. The molecule has 5 rings (SSSR count). The summed E-state index contributed by atoms with van der Waals surface area (Å²) in [6, 6.07) is 6.27. The van der Waals surface area contributed by atoms with E-state index in [1.165, 1.54) is 12.1 Å². The van der Waals surface area contributed by atoms with Gasteiger partial charge >= 0.3 is 6.36 Å². The molecule has 2 aromatic carbocycles. The standard InChI is InChI=1S/C28H25F3N2O8/c1-33(2)17-10-15(11-3-5-14(6-4-11)41-28(29,30)31)22(35)20-16(17)8-12-7-13-9-18(34)21(26(32)39)25(38)27(13,40)24(37)19(12)23(20)36/h3-6,10,12-13,35-36,38,40H,7-9H2,1-2H3,(H2,32,39)/t12-,13+,27+/m1/s1. The summed E-state index contributed by atoms with van der Waals surface area (Å²) in [5, 5.41) is 44.9. The van der Waals surface area contributed by atoms with Crippen molar-refractivity contribution in [3.8, 4) is 22.6 Å². The minimum atomic E-state index is -4.90. The minimum absolute atomic E-state index is 0.0149. The molecule has 3 atom stereocenters. The smallest absolute Gasteiger partial charge is 0.508 e. The quantitative estimate of drug-likeness (QED) is 0.344. The number of phenols is 1. The van der Waals surface area contributed by atoms with Crippen LogP contribution in [0.5, 0.6) is 11.5 Å². The lowest BCUT2D eigenvalue weighted by Crippen LogP contribution is -2.58. The van der Waals surface area contributed by atoms with E-state index in [1.54, 1.807) is 25.1 Å². The maximum Gasteiger partial charge on any atom is 0.573 e. The number of primary amides is 1. The number of phenolic OH excluding ortho intramolecular Hbond substituents is 1. The number of nitrogens with zero attached hydrogens (tertiary/aromatic N) is 1. The molecule has 0 bridgehead atoms. The maximum atomic E-state index is 13.7. The van der Waals surface area contributed by atoms with Gasteiger partial charge in [-0.25, -0.2) is 0 Å². The van der Waals surface area contributed by atoms with Crippen LogP contribution < -0.4 is 15.4 Å². The zero-order chi connectivity index (χ0) is 30.2. The van der Waals surface area contributed by atoms with Gasteiger partial charge in [-0.15, -0.1) is 13.2 Å². The topological polar surface area (TPSA) is 171 Å². The van der Waals surface area contributed by atoms with Crippen LogP contribution in [-0.4, -0.2) is 64.0 Å². The molecular formula is C28H25F3N2O8. The van der Waals surface area contributed by atoms with Crippen LogP contribution in [0.4, 0.5) is 18.9 Å². The highest BCUT2D eigenvalue weighted by molar-refractivity contribution is 6.22. The molecule has 0 heterocycles. The number of ether oxygens (including phenoxy) is 1. The van der Waals surface area contributed by atoms with E-state index in [4.69, 9.17) is 5.73 Å². The highest BCUT2D eigenvalue weighted by Gasteiger charge is 2.60.